The molecule has 1 amide bonds. The summed E-state index contributed by atoms with van der Waals surface area (Å²) < 4.78 is 0.601. The highest BCUT2D eigenvalue weighted by atomic mass is 16.2. The van der Waals surface area contributed by atoms with Crippen LogP contribution in [0, 0.1) is 0 Å². The Kier molecular flexibility index (Phi) is 8.26. The standard InChI is InChI=1S/C13H28N2O/c1-5-7-8-9-10-11-13(16)14-15(3,4)12-6-2/h5-12H2,1-4H3/p+1. The lowest BCUT2D eigenvalue weighted by molar-refractivity contribution is -0.925. The first-order valence-electron chi connectivity index (χ1n) is 6.66. The van der Waals surface area contributed by atoms with Crippen LogP contribution < -0.4 is 5.43 Å². The van der Waals surface area contributed by atoms with Crippen molar-refractivity contribution >= 4 is 5.91 Å². The molecule has 0 radical (unpaired) electrons. The van der Waals surface area contributed by atoms with Crippen molar-refractivity contribution < 1.29 is 9.39 Å². The van der Waals surface area contributed by atoms with Crippen LogP contribution in [0.5, 0.6) is 0 Å². The second-order valence-corrected chi connectivity index (χ2v) is 5.11. The zero-order chi connectivity index (χ0) is 12.4. The highest BCUT2D eigenvalue weighted by Crippen LogP contribution is 2.05. The van der Waals surface area contributed by atoms with E-state index in [1.807, 2.05) is 14.1 Å². The van der Waals surface area contributed by atoms with Gasteiger partial charge in [0.2, 0.25) is 0 Å². The van der Waals surface area contributed by atoms with Gasteiger partial charge in [-0.2, -0.15) is 0 Å². The molecule has 0 aliphatic rings. The SMILES string of the molecule is CCCCCCCC(=O)N[N+](C)(C)CCC. The van der Waals surface area contributed by atoms with Gasteiger partial charge in [0, 0.05) is 6.42 Å². The molecule has 0 saturated carbocycles. The topological polar surface area (TPSA) is 29.1 Å². The lowest BCUT2D eigenvalue weighted by atomic mass is 10.1. The molecule has 0 saturated heterocycles. The van der Waals surface area contributed by atoms with Crippen LogP contribution in [0.15, 0.2) is 0 Å². The Morgan fingerprint density at radius 2 is 1.62 bits per heavy atom. The molecular weight excluding hydrogens is 200 g/mol. The summed E-state index contributed by atoms with van der Waals surface area (Å²) in [6, 6.07) is 0. The van der Waals surface area contributed by atoms with E-state index in [0.29, 0.717) is 11.0 Å². The van der Waals surface area contributed by atoms with Gasteiger partial charge in [0.25, 0.3) is 5.91 Å². The minimum atomic E-state index is 0.190. The third kappa shape index (κ3) is 8.72. The lowest BCUT2D eigenvalue weighted by Crippen LogP contribution is -2.54. The summed E-state index contributed by atoms with van der Waals surface area (Å²) in [5, 5.41) is 0. The molecule has 0 aromatic heterocycles. The van der Waals surface area contributed by atoms with E-state index in [-0.39, 0.29) is 5.91 Å². The molecule has 1 N–H and O–H groups in total. The van der Waals surface area contributed by atoms with Crippen molar-refractivity contribution in [2.45, 2.75) is 58.8 Å². The van der Waals surface area contributed by atoms with E-state index in [9.17, 15) is 4.79 Å². The molecule has 0 spiro atoms. The molecule has 0 atom stereocenters. The lowest BCUT2D eigenvalue weighted by Gasteiger charge is -2.28. The largest absolute Gasteiger partial charge is 0.270 e. The number of rotatable bonds is 9. The Bertz CT molecular complexity index is 190. The second kappa shape index (κ2) is 8.57. The van der Waals surface area contributed by atoms with Crippen LogP contribution in [0.4, 0.5) is 0 Å². The van der Waals surface area contributed by atoms with Crippen LogP contribution in [-0.2, 0) is 4.79 Å². The monoisotopic (exact) mass is 229 g/mol. The average Bonchev–Trinajstić information content (AvgIpc) is 2.16. The van der Waals surface area contributed by atoms with E-state index in [2.05, 4.69) is 19.3 Å². The molecule has 0 aromatic rings. The minimum Gasteiger partial charge on any atom is -0.270 e. The number of hydrogen-bond acceptors (Lipinski definition) is 1. The van der Waals surface area contributed by atoms with E-state index in [1.54, 1.807) is 0 Å². The molecular formula is C13H29N2O+. The number of quaternary nitrogens is 1. The number of nitrogens with zero attached hydrogens (tertiary/aromatic N) is 1. The van der Waals surface area contributed by atoms with Crippen molar-refractivity contribution in [2.24, 2.45) is 0 Å². The number of unbranched alkanes of at least 4 members (excludes halogenated alkanes) is 4. The molecule has 96 valence electrons. The van der Waals surface area contributed by atoms with Crippen LogP contribution in [0.3, 0.4) is 0 Å². The van der Waals surface area contributed by atoms with Gasteiger partial charge in [0.05, 0.1) is 14.1 Å². The molecule has 0 bridgehead atoms. The van der Waals surface area contributed by atoms with Gasteiger partial charge < -0.3 is 0 Å². The van der Waals surface area contributed by atoms with E-state index >= 15 is 0 Å². The molecule has 0 rings (SSSR count). The predicted molar refractivity (Wildman–Crippen MR) is 68.8 cm³/mol. The van der Waals surface area contributed by atoms with Gasteiger partial charge in [-0.05, 0) is 12.8 Å². The molecule has 3 nitrogen and oxygen atoms in total. The Balaban J connectivity index is 3.58. The van der Waals surface area contributed by atoms with Gasteiger partial charge in [0.1, 0.15) is 6.54 Å². The Labute approximate surface area is 101 Å². The molecule has 0 aromatic carbocycles. The van der Waals surface area contributed by atoms with Gasteiger partial charge in [-0.15, -0.1) is 0 Å². The maximum atomic E-state index is 11.6. The number of amides is 1. The van der Waals surface area contributed by atoms with Crippen LogP contribution in [0.2, 0.25) is 0 Å². The Hall–Kier alpha value is -0.570. The highest BCUT2D eigenvalue weighted by molar-refractivity contribution is 5.74. The molecule has 3 heteroatoms. The average molecular weight is 229 g/mol. The highest BCUT2D eigenvalue weighted by Gasteiger charge is 2.16. The fraction of sp³-hybridized carbons (Fsp3) is 0.923. The van der Waals surface area contributed by atoms with E-state index < -0.39 is 0 Å². The van der Waals surface area contributed by atoms with Crippen LogP contribution in [0.25, 0.3) is 0 Å². The third-order valence-corrected chi connectivity index (χ3v) is 2.72. The van der Waals surface area contributed by atoms with Crippen molar-refractivity contribution in [2.75, 3.05) is 20.6 Å². The summed E-state index contributed by atoms with van der Waals surface area (Å²) in [7, 11) is 4.08. The quantitative estimate of drug-likeness (QED) is 0.368. The summed E-state index contributed by atoms with van der Waals surface area (Å²) in [5.74, 6) is 0.190. The first kappa shape index (κ1) is 15.4. The summed E-state index contributed by atoms with van der Waals surface area (Å²) >= 11 is 0. The number of nitrogens with one attached hydrogen (secondary N) is 1. The van der Waals surface area contributed by atoms with E-state index in [1.165, 1.54) is 25.7 Å². The maximum Gasteiger partial charge on any atom is 0.264 e. The maximum absolute atomic E-state index is 11.6. The van der Waals surface area contributed by atoms with Crippen LogP contribution in [0.1, 0.15) is 58.8 Å². The molecule has 16 heavy (non-hydrogen) atoms. The molecule has 0 aliphatic carbocycles. The molecule has 0 heterocycles. The fourth-order valence-corrected chi connectivity index (χ4v) is 1.90. The van der Waals surface area contributed by atoms with Gasteiger partial charge >= 0.3 is 0 Å². The Morgan fingerprint density at radius 3 is 2.19 bits per heavy atom. The molecule has 0 aliphatic heterocycles. The zero-order valence-electron chi connectivity index (χ0n) is 11.5. The predicted octanol–water partition coefficient (Wildman–Crippen LogP) is 2.86. The summed E-state index contributed by atoms with van der Waals surface area (Å²) in [4.78, 5) is 11.6. The number of carbonyl (C=O) groups is 1. The first-order chi connectivity index (χ1) is 7.52. The molecule has 0 fully saturated rings. The third-order valence-electron chi connectivity index (χ3n) is 2.72. The van der Waals surface area contributed by atoms with Gasteiger partial charge in [-0.3, -0.25) is 4.79 Å². The summed E-state index contributed by atoms with van der Waals surface area (Å²) in [6.07, 6.45) is 7.78. The first-order valence-corrected chi connectivity index (χ1v) is 6.66. The smallest absolute Gasteiger partial charge is 0.264 e. The number of carbonyl (C=O) groups excluding carboxylic acids is 1. The minimum absolute atomic E-state index is 0.190. The fourth-order valence-electron chi connectivity index (χ4n) is 1.90. The normalized spacial score (nSPS) is 11.5. The molecule has 0 unspecified atom stereocenters. The van der Waals surface area contributed by atoms with Gasteiger partial charge in [0.15, 0.2) is 0 Å². The van der Waals surface area contributed by atoms with Crippen molar-refractivity contribution in [3.8, 4) is 0 Å². The second-order valence-electron chi connectivity index (χ2n) is 5.11. The van der Waals surface area contributed by atoms with Gasteiger partial charge in [-0.1, -0.05) is 39.5 Å². The van der Waals surface area contributed by atoms with Crippen LogP contribution in [-0.4, -0.2) is 31.1 Å². The Morgan fingerprint density at radius 1 is 1.00 bits per heavy atom. The van der Waals surface area contributed by atoms with Crippen molar-refractivity contribution in [3.63, 3.8) is 0 Å². The summed E-state index contributed by atoms with van der Waals surface area (Å²) in [5.41, 5.74) is 3.05. The van der Waals surface area contributed by atoms with E-state index in [4.69, 9.17) is 0 Å². The zero-order valence-corrected chi connectivity index (χ0v) is 11.5. The van der Waals surface area contributed by atoms with Crippen molar-refractivity contribution in [3.05, 3.63) is 0 Å². The van der Waals surface area contributed by atoms with E-state index in [0.717, 1.165) is 19.4 Å². The van der Waals surface area contributed by atoms with Crippen molar-refractivity contribution in [1.82, 2.24) is 5.43 Å². The van der Waals surface area contributed by atoms with Gasteiger partial charge in [-0.25, -0.2) is 10.0 Å². The number of hydrogen-bond donors (Lipinski definition) is 1. The summed E-state index contributed by atoms with van der Waals surface area (Å²) in [6.45, 7) is 5.33. The van der Waals surface area contributed by atoms with Crippen LogP contribution >= 0.6 is 0 Å². The van der Waals surface area contributed by atoms with Crippen molar-refractivity contribution in [1.29, 1.82) is 0 Å².